The lowest BCUT2D eigenvalue weighted by molar-refractivity contribution is -0.123. The van der Waals surface area contributed by atoms with E-state index in [1.807, 2.05) is 54.9 Å². The number of carbonyl (C=O) groups is 1. The first kappa shape index (κ1) is 21.5. The lowest BCUT2D eigenvalue weighted by atomic mass is 10.0. The lowest BCUT2D eigenvalue weighted by Gasteiger charge is -2.37. The van der Waals surface area contributed by atoms with E-state index in [0.717, 1.165) is 42.2 Å². The molecule has 31 heavy (non-hydrogen) atoms. The van der Waals surface area contributed by atoms with E-state index in [-0.39, 0.29) is 17.8 Å². The van der Waals surface area contributed by atoms with E-state index in [1.165, 1.54) is 12.1 Å². The van der Waals surface area contributed by atoms with Gasteiger partial charge in [-0.3, -0.25) is 9.69 Å². The zero-order valence-electron chi connectivity index (χ0n) is 17.6. The van der Waals surface area contributed by atoms with E-state index in [1.54, 1.807) is 17.5 Å². The molecular weight excluding hydrogens is 411 g/mol. The highest BCUT2D eigenvalue weighted by molar-refractivity contribution is 7.09. The molecule has 0 radical (unpaired) electrons. The van der Waals surface area contributed by atoms with Crippen molar-refractivity contribution in [3.8, 4) is 0 Å². The molecule has 1 atom stereocenters. The quantitative estimate of drug-likeness (QED) is 0.604. The molecule has 4 rings (SSSR count). The summed E-state index contributed by atoms with van der Waals surface area (Å²) < 4.78 is 13.2. The number of hydrogen-bond acceptors (Lipinski definition) is 5. The minimum atomic E-state index is -0.234. The Morgan fingerprint density at radius 1 is 1.19 bits per heavy atom. The molecule has 162 valence electrons. The van der Waals surface area contributed by atoms with E-state index >= 15 is 0 Å². The lowest BCUT2D eigenvalue weighted by Crippen LogP contribution is -2.47. The molecule has 1 amide bonds. The second-order valence-electron chi connectivity index (χ2n) is 7.89. The third-order valence-corrected chi connectivity index (χ3v) is 6.65. The predicted octanol–water partition coefficient (Wildman–Crippen LogP) is 4.09. The fourth-order valence-electron chi connectivity index (χ4n) is 4.09. The zero-order valence-corrected chi connectivity index (χ0v) is 18.4. The number of piperidine rings is 1. The number of halogens is 1. The Labute approximate surface area is 186 Å². The monoisotopic (exact) mass is 438 g/mol. The van der Waals surface area contributed by atoms with Gasteiger partial charge in [-0.2, -0.15) is 0 Å². The highest BCUT2D eigenvalue weighted by Crippen LogP contribution is 2.25. The first-order valence-electron chi connectivity index (χ1n) is 10.5. The number of nitrogens with zero attached hydrogens (tertiary/aromatic N) is 3. The van der Waals surface area contributed by atoms with Crippen molar-refractivity contribution in [1.82, 2.24) is 15.2 Å². The van der Waals surface area contributed by atoms with Crippen LogP contribution in [0.5, 0.6) is 0 Å². The van der Waals surface area contributed by atoms with Crippen molar-refractivity contribution in [2.24, 2.45) is 0 Å². The minimum Gasteiger partial charge on any atom is -0.371 e. The molecule has 0 saturated carbocycles. The van der Waals surface area contributed by atoms with Crippen LogP contribution in [0.15, 0.2) is 66.2 Å². The average Bonchev–Trinajstić information content (AvgIpc) is 3.33. The smallest absolute Gasteiger partial charge is 0.235 e. The van der Waals surface area contributed by atoms with Gasteiger partial charge in [0.2, 0.25) is 5.91 Å². The summed E-state index contributed by atoms with van der Waals surface area (Å²) >= 11 is 1.55. The van der Waals surface area contributed by atoms with Crippen LogP contribution in [-0.4, -0.2) is 48.5 Å². The van der Waals surface area contributed by atoms with Gasteiger partial charge in [0.1, 0.15) is 16.9 Å². The molecule has 0 unspecified atom stereocenters. The highest BCUT2D eigenvalue weighted by Gasteiger charge is 2.25. The Hall–Kier alpha value is -2.77. The normalized spacial score (nSPS) is 15.8. The molecule has 0 bridgehead atoms. The molecule has 5 nitrogen and oxygen atoms in total. The largest absolute Gasteiger partial charge is 0.371 e. The first-order chi connectivity index (χ1) is 15.1. The molecular formula is C24H27FN4OS. The molecule has 7 heteroatoms. The fourth-order valence-corrected chi connectivity index (χ4v) is 4.80. The summed E-state index contributed by atoms with van der Waals surface area (Å²) in [6.07, 6.45) is 3.70. The standard InChI is InChI=1S/C24H27FN4OS/c1-28(20-11-14-29(15-12-20)21-9-7-19(25)8-10-21)17-22(30)27-23(24-26-13-16-31-24)18-5-3-2-4-6-18/h2-10,13,16,20,23H,11-12,14-15,17H2,1H3,(H,27,30)/t23-/m0/s1. The summed E-state index contributed by atoms with van der Waals surface area (Å²) in [6.45, 7) is 2.14. The highest BCUT2D eigenvalue weighted by atomic mass is 32.1. The average molecular weight is 439 g/mol. The van der Waals surface area contributed by atoms with Crippen LogP contribution in [0.2, 0.25) is 0 Å². The number of carbonyl (C=O) groups excluding carboxylic acids is 1. The van der Waals surface area contributed by atoms with Gasteiger partial charge in [-0.1, -0.05) is 30.3 Å². The number of likely N-dealkylation sites (N-methyl/N-ethyl adjacent to an activating group) is 1. The number of hydrogen-bond donors (Lipinski definition) is 1. The summed E-state index contributed by atoms with van der Waals surface area (Å²) in [5, 5.41) is 5.98. The Morgan fingerprint density at radius 3 is 2.55 bits per heavy atom. The Kier molecular flexibility index (Phi) is 6.94. The van der Waals surface area contributed by atoms with Crippen molar-refractivity contribution in [3.63, 3.8) is 0 Å². The Morgan fingerprint density at radius 2 is 1.90 bits per heavy atom. The number of nitrogens with one attached hydrogen (secondary N) is 1. The van der Waals surface area contributed by atoms with Gasteiger partial charge in [-0.05, 0) is 49.7 Å². The summed E-state index contributed by atoms with van der Waals surface area (Å²) in [5.74, 6) is -0.219. The van der Waals surface area contributed by atoms with E-state index in [0.29, 0.717) is 12.6 Å². The third kappa shape index (κ3) is 5.48. The fraction of sp³-hybridized carbons (Fsp3) is 0.333. The van der Waals surface area contributed by atoms with Crippen LogP contribution in [0, 0.1) is 5.82 Å². The van der Waals surface area contributed by atoms with Gasteiger partial charge in [0, 0.05) is 36.4 Å². The van der Waals surface area contributed by atoms with Crippen molar-refractivity contribution < 1.29 is 9.18 Å². The number of benzene rings is 2. The van der Waals surface area contributed by atoms with Crippen LogP contribution < -0.4 is 10.2 Å². The van der Waals surface area contributed by atoms with Crippen LogP contribution in [-0.2, 0) is 4.79 Å². The summed E-state index contributed by atoms with van der Waals surface area (Å²) in [6, 6.07) is 16.7. The van der Waals surface area contributed by atoms with Gasteiger partial charge in [-0.25, -0.2) is 9.37 Å². The molecule has 2 aromatic carbocycles. The van der Waals surface area contributed by atoms with E-state index in [9.17, 15) is 9.18 Å². The van der Waals surface area contributed by atoms with Gasteiger partial charge in [0.25, 0.3) is 0 Å². The number of aromatic nitrogens is 1. The van der Waals surface area contributed by atoms with Crippen LogP contribution in [0.25, 0.3) is 0 Å². The number of amides is 1. The summed E-state index contributed by atoms with van der Waals surface area (Å²) in [5.41, 5.74) is 2.08. The number of anilines is 1. The minimum absolute atomic E-state index is 0.00693. The Balaban J connectivity index is 1.32. The van der Waals surface area contributed by atoms with Crippen molar-refractivity contribution in [3.05, 3.63) is 82.6 Å². The third-order valence-electron chi connectivity index (χ3n) is 5.81. The maximum absolute atomic E-state index is 13.2. The maximum atomic E-state index is 13.2. The van der Waals surface area contributed by atoms with Crippen molar-refractivity contribution in [2.45, 2.75) is 24.9 Å². The molecule has 1 aliphatic heterocycles. The zero-order chi connectivity index (χ0) is 21.6. The van der Waals surface area contributed by atoms with Gasteiger partial charge >= 0.3 is 0 Å². The van der Waals surface area contributed by atoms with E-state index in [4.69, 9.17) is 0 Å². The topological polar surface area (TPSA) is 48.5 Å². The van der Waals surface area contributed by atoms with Crippen LogP contribution in [0.1, 0.15) is 29.5 Å². The number of thiazole rings is 1. The van der Waals surface area contributed by atoms with Crippen LogP contribution in [0.4, 0.5) is 10.1 Å². The maximum Gasteiger partial charge on any atom is 0.235 e. The second-order valence-corrected chi connectivity index (χ2v) is 8.82. The molecule has 0 aliphatic carbocycles. The van der Waals surface area contributed by atoms with Crippen molar-refractivity contribution in [2.75, 3.05) is 31.6 Å². The van der Waals surface area contributed by atoms with Gasteiger partial charge in [0.05, 0.1) is 6.54 Å². The van der Waals surface area contributed by atoms with Crippen molar-refractivity contribution >= 4 is 22.9 Å². The van der Waals surface area contributed by atoms with Gasteiger partial charge in [-0.15, -0.1) is 11.3 Å². The molecule has 1 aromatic heterocycles. The molecule has 1 N–H and O–H groups in total. The first-order valence-corrected chi connectivity index (χ1v) is 11.4. The van der Waals surface area contributed by atoms with Gasteiger partial charge in [0.15, 0.2) is 0 Å². The summed E-state index contributed by atoms with van der Waals surface area (Å²) in [7, 11) is 2.01. The SMILES string of the molecule is CN(CC(=O)N[C@@H](c1ccccc1)c1nccs1)C1CCN(c2ccc(F)cc2)CC1. The van der Waals surface area contributed by atoms with Crippen LogP contribution >= 0.6 is 11.3 Å². The second kappa shape index (κ2) is 10.0. The van der Waals surface area contributed by atoms with E-state index in [2.05, 4.69) is 20.1 Å². The molecule has 1 aliphatic rings. The van der Waals surface area contributed by atoms with Crippen LogP contribution in [0.3, 0.4) is 0 Å². The molecule has 0 spiro atoms. The number of rotatable bonds is 7. The molecule has 1 saturated heterocycles. The Bertz CT molecular complexity index is 957. The van der Waals surface area contributed by atoms with Crippen molar-refractivity contribution in [1.29, 1.82) is 0 Å². The molecule has 1 fully saturated rings. The van der Waals surface area contributed by atoms with E-state index < -0.39 is 0 Å². The molecule has 2 heterocycles. The predicted molar refractivity (Wildman–Crippen MR) is 123 cm³/mol. The summed E-state index contributed by atoms with van der Waals surface area (Å²) in [4.78, 5) is 21.7. The van der Waals surface area contributed by atoms with Gasteiger partial charge < -0.3 is 10.2 Å². The molecule has 3 aromatic rings.